The Morgan fingerprint density at radius 3 is 2.79 bits per heavy atom. The van der Waals surface area contributed by atoms with Gasteiger partial charge in [-0.3, -0.25) is 4.57 Å². The van der Waals surface area contributed by atoms with Gasteiger partial charge in [0.15, 0.2) is 0 Å². The monoisotopic (exact) mass is 240 g/mol. The summed E-state index contributed by atoms with van der Waals surface area (Å²) in [6.45, 7) is 1.01. The molecule has 1 saturated heterocycles. The molecule has 1 heterocycles. The Kier molecular flexibility index (Phi) is 4.47. The van der Waals surface area contributed by atoms with Crippen LogP contribution in [0.5, 0.6) is 0 Å². The minimum absolute atomic E-state index is 0.0323. The molecule has 0 aliphatic carbocycles. The molecule has 1 rings (SSSR count). The van der Waals surface area contributed by atoms with E-state index in [4.69, 9.17) is 14.0 Å². The van der Waals surface area contributed by atoms with E-state index in [0.29, 0.717) is 0 Å². The standard InChI is InChI=1S/C8H17O4PS/c1-6-4-7(10-2)8(12-6)5-11-13(3,9)14/h6-8H,4-5H2,1-3H3,(H,9,14). The lowest BCUT2D eigenvalue weighted by molar-refractivity contribution is -0.0234. The maximum atomic E-state index is 11.2. The molecule has 0 radical (unpaired) electrons. The molecule has 1 aliphatic rings. The first kappa shape index (κ1) is 12.5. The van der Waals surface area contributed by atoms with Crippen molar-refractivity contribution in [3.63, 3.8) is 0 Å². The molecule has 0 aromatic rings. The number of methoxy groups -OCH3 is 1. The minimum atomic E-state index is -2.72. The summed E-state index contributed by atoms with van der Waals surface area (Å²) in [6, 6.07) is 0. The molecule has 0 spiro atoms. The molecule has 0 N–H and O–H groups in total. The number of hydrogen-bond donors (Lipinski definition) is 1. The van der Waals surface area contributed by atoms with Gasteiger partial charge in [-0.15, -0.1) is 0 Å². The smallest absolute Gasteiger partial charge is 0.251 e. The summed E-state index contributed by atoms with van der Waals surface area (Å²) >= 11 is 3.85. The predicted molar refractivity (Wildman–Crippen MR) is 58.2 cm³/mol. The van der Waals surface area contributed by atoms with Crippen LogP contribution in [0.1, 0.15) is 13.3 Å². The molecule has 4 nitrogen and oxygen atoms in total. The quantitative estimate of drug-likeness (QED) is 0.602. The highest BCUT2D eigenvalue weighted by atomic mass is 32.7. The lowest BCUT2D eigenvalue weighted by atomic mass is 10.1. The van der Waals surface area contributed by atoms with Gasteiger partial charge in [-0.25, -0.2) is 0 Å². The first-order chi connectivity index (χ1) is 6.42. The Balaban J connectivity index is 2.40. The molecule has 0 saturated carbocycles. The molecular formula is C8H17O4PS. The number of rotatable bonds is 4. The average molecular weight is 240 g/mol. The van der Waals surface area contributed by atoms with E-state index in [1.165, 1.54) is 6.66 Å². The third kappa shape index (κ3) is 3.91. The van der Waals surface area contributed by atoms with Crippen molar-refractivity contribution in [3.8, 4) is 0 Å². The lowest BCUT2D eigenvalue weighted by Gasteiger charge is -2.18. The van der Waals surface area contributed by atoms with E-state index in [1.54, 1.807) is 7.11 Å². The van der Waals surface area contributed by atoms with Gasteiger partial charge in [0.2, 0.25) is 0 Å². The second-order valence-electron chi connectivity index (χ2n) is 3.59. The van der Waals surface area contributed by atoms with Crippen molar-refractivity contribution in [1.29, 1.82) is 0 Å². The Labute approximate surface area is 89.9 Å². The van der Waals surface area contributed by atoms with E-state index >= 15 is 0 Å². The molecule has 0 aromatic heterocycles. The fraction of sp³-hybridized carbons (Fsp3) is 1.00. The van der Waals surface area contributed by atoms with Crippen LogP contribution in [-0.4, -0.2) is 38.7 Å². The molecule has 4 unspecified atom stereocenters. The Morgan fingerprint density at radius 1 is 1.64 bits per heavy atom. The fourth-order valence-electron chi connectivity index (χ4n) is 1.53. The molecule has 0 bridgehead atoms. The third-order valence-corrected chi connectivity index (χ3v) is 3.14. The minimum Gasteiger partial charge on any atom is -0.379 e. The maximum Gasteiger partial charge on any atom is 0.251 e. The van der Waals surface area contributed by atoms with Crippen LogP contribution < -0.4 is 0 Å². The Bertz CT molecular complexity index is 229. The zero-order valence-electron chi connectivity index (χ0n) is 8.67. The Hall–Kier alpha value is 0.460. The van der Waals surface area contributed by atoms with Crippen LogP contribution in [0.3, 0.4) is 0 Å². The molecule has 84 valence electrons. The highest BCUT2D eigenvalue weighted by molar-refractivity contribution is 8.46. The van der Waals surface area contributed by atoms with E-state index in [9.17, 15) is 4.57 Å². The van der Waals surface area contributed by atoms with Crippen molar-refractivity contribution < 1.29 is 18.6 Å². The molecule has 4 atom stereocenters. The molecule has 1 fully saturated rings. The van der Waals surface area contributed by atoms with Gasteiger partial charge in [0.1, 0.15) is 6.10 Å². The first-order valence-corrected chi connectivity index (χ1v) is 7.78. The van der Waals surface area contributed by atoms with Gasteiger partial charge in [0.25, 0.3) is 6.57 Å². The average Bonchev–Trinajstić information content (AvgIpc) is 2.41. The van der Waals surface area contributed by atoms with Crippen molar-refractivity contribution in [2.75, 3.05) is 20.4 Å². The molecular weight excluding hydrogens is 223 g/mol. The van der Waals surface area contributed by atoms with Crippen molar-refractivity contribution in [2.24, 2.45) is 0 Å². The van der Waals surface area contributed by atoms with Crippen LogP contribution in [-0.2, 0) is 18.6 Å². The third-order valence-electron chi connectivity index (χ3n) is 2.17. The normalized spacial score (nSPS) is 37.0. The van der Waals surface area contributed by atoms with E-state index in [2.05, 4.69) is 12.2 Å². The van der Waals surface area contributed by atoms with Crippen LogP contribution in [0, 0.1) is 0 Å². The molecule has 6 heteroatoms. The van der Waals surface area contributed by atoms with Gasteiger partial charge in [0, 0.05) is 20.2 Å². The van der Waals surface area contributed by atoms with E-state index < -0.39 is 6.57 Å². The van der Waals surface area contributed by atoms with Gasteiger partial charge < -0.3 is 14.0 Å². The van der Waals surface area contributed by atoms with Gasteiger partial charge in [-0.05, 0) is 6.92 Å². The summed E-state index contributed by atoms with van der Waals surface area (Å²) in [5.74, 6) is 0. The van der Waals surface area contributed by atoms with Crippen LogP contribution >= 0.6 is 18.8 Å². The SMILES string of the molecule is COC1CC(C)OC1COP(C)(=O)S. The summed E-state index contributed by atoms with van der Waals surface area (Å²) in [4.78, 5) is 0. The highest BCUT2D eigenvalue weighted by Crippen LogP contribution is 2.47. The summed E-state index contributed by atoms with van der Waals surface area (Å²) in [7, 11) is 1.64. The second-order valence-corrected chi connectivity index (χ2v) is 7.64. The summed E-state index contributed by atoms with van der Waals surface area (Å²) in [5.41, 5.74) is 0. The van der Waals surface area contributed by atoms with Gasteiger partial charge in [-0.2, -0.15) is 0 Å². The molecule has 0 amide bonds. The largest absolute Gasteiger partial charge is 0.379 e. The van der Waals surface area contributed by atoms with Crippen molar-refractivity contribution in [1.82, 2.24) is 0 Å². The predicted octanol–water partition coefficient (Wildman–Crippen LogP) is 1.95. The van der Waals surface area contributed by atoms with Gasteiger partial charge >= 0.3 is 0 Å². The lowest BCUT2D eigenvalue weighted by Crippen LogP contribution is -2.27. The Morgan fingerprint density at radius 2 is 2.29 bits per heavy atom. The zero-order chi connectivity index (χ0) is 10.8. The second kappa shape index (κ2) is 4.99. The van der Waals surface area contributed by atoms with E-state index in [-0.39, 0.29) is 24.9 Å². The molecule has 0 aromatic carbocycles. The van der Waals surface area contributed by atoms with Gasteiger partial charge in [0.05, 0.1) is 18.8 Å². The first-order valence-electron chi connectivity index (χ1n) is 4.55. The highest BCUT2D eigenvalue weighted by Gasteiger charge is 2.34. The van der Waals surface area contributed by atoms with E-state index in [1.807, 2.05) is 6.92 Å². The summed E-state index contributed by atoms with van der Waals surface area (Å²) in [6.07, 6.45) is 0.926. The number of thiol groups is 1. The van der Waals surface area contributed by atoms with Crippen molar-refractivity contribution in [2.45, 2.75) is 31.7 Å². The topological polar surface area (TPSA) is 44.8 Å². The summed E-state index contributed by atoms with van der Waals surface area (Å²) in [5, 5.41) is 0. The van der Waals surface area contributed by atoms with Crippen LogP contribution in [0.4, 0.5) is 0 Å². The van der Waals surface area contributed by atoms with Crippen molar-refractivity contribution >= 4 is 18.8 Å². The summed E-state index contributed by atoms with van der Waals surface area (Å²) < 4.78 is 27.1. The molecule has 14 heavy (non-hydrogen) atoms. The van der Waals surface area contributed by atoms with Gasteiger partial charge in [-0.1, -0.05) is 12.2 Å². The van der Waals surface area contributed by atoms with Crippen LogP contribution in [0.15, 0.2) is 0 Å². The fourth-order valence-corrected chi connectivity index (χ4v) is 2.15. The zero-order valence-corrected chi connectivity index (χ0v) is 10.5. The van der Waals surface area contributed by atoms with Crippen LogP contribution in [0.25, 0.3) is 0 Å². The maximum absolute atomic E-state index is 11.2. The van der Waals surface area contributed by atoms with Crippen LogP contribution in [0.2, 0.25) is 0 Å². The van der Waals surface area contributed by atoms with Crippen molar-refractivity contribution in [3.05, 3.63) is 0 Å². The number of hydrogen-bond acceptors (Lipinski definition) is 4. The van der Waals surface area contributed by atoms with E-state index in [0.717, 1.165) is 6.42 Å². The molecule has 1 aliphatic heterocycles. The number of ether oxygens (including phenoxy) is 2.